The standard InChI is InChI=1S/C13H19N3O2/c1-14-13(18)12-8-11(2-5-15-12)16-6-3-10(9-16)4-7-17/h2,5,8,10,17H,3-4,6-7,9H2,1H3,(H,14,18). The molecule has 1 fully saturated rings. The highest BCUT2D eigenvalue weighted by molar-refractivity contribution is 5.92. The highest BCUT2D eigenvalue weighted by Crippen LogP contribution is 2.25. The number of hydrogen-bond acceptors (Lipinski definition) is 4. The predicted molar refractivity (Wildman–Crippen MR) is 69.7 cm³/mol. The number of rotatable bonds is 4. The number of carbonyl (C=O) groups excluding carboxylic acids is 1. The van der Waals surface area contributed by atoms with E-state index in [0.29, 0.717) is 11.6 Å². The summed E-state index contributed by atoms with van der Waals surface area (Å²) in [5.41, 5.74) is 1.48. The maximum absolute atomic E-state index is 11.5. The van der Waals surface area contributed by atoms with Crippen molar-refractivity contribution in [2.75, 3.05) is 31.6 Å². The van der Waals surface area contributed by atoms with Crippen LogP contribution in [0, 0.1) is 5.92 Å². The molecule has 2 N–H and O–H groups in total. The Bertz CT molecular complexity index is 422. The quantitative estimate of drug-likeness (QED) is 0.822. The van der Waals surface area contributed by atoms with Gasteiger partial charge in [0.25, 0.3) is 5.91 Å². The fourth-order valence-electron chi connectivity index (χ4n) is 2.35. The van der Waals surface area contributed by atoms with Gasteiger partial charge in [0.15, 0.2) is 0 Å². The molecule has 1 atom stereocenters. The minimum Gasteiger partial charge on any atom is -0.396 e. The molecule has 1 aliphatic rings. The van der Waals surface area contributed by atoms with E-state index in [-0.39, 0.29) is 12.5 Å². The van der Waals surface area contributed by atoms with Crippen molar-refractivity contribution < 1.29 is 9.90 Å². The Labute approximate surface area is 107 Å². The fraction of sp³-hybridized carbons (Fsp3) is 0.538. The van der Waals surface area contributed by atoms with Gasteiger partial charge in [-0.25, -0.2) is 0 Å². The van der Waals surface area contributed by atoms with E-state index in [1.165, 1.54) is 0 Å². The Hall–Kier alpha value is -1.62. The van der Waals surface area contributed by atoms with Crippen LogP contribution in [0.3, 0.4) is 0 Å². The maximum atomic E-state index is 11.5. The van der Waals surface area contributed by atoms with Gasteiger partial charge in [-0.1, -0.05) is 0 Å². The number of amides is 1. The van der Waals surface area contributed by atoms with Crippen LogP contribution < -0.4 is 10.2 Å². The molecule has 18 heavy (non-hydrogen) atoms. The number of aliphatic hydroxyl groups is 1. The van der Waals surface area contributed by atoms with E-state index in [1.54, 1.807) is 13.2 Å². The summed E-state index contributed by atoms with van der Waals surface area (Å²) in [7, 11) is 1.60. The van der Waals surface area contributed by atoms with Crippen molar-refractivity contribution in [2.24, 2.45) is 5.92 Å². The summed E-state index contributed by atoms with van der Waals surface area (Å²) in [5.74, 6) is 0.384. The second-order valence-electron chi connectivity index (χ2n) is 4.59. The highest BCUT2D eigenvalue weighted by Gasteiger charge is 2.22. The van der Waals surface area contributed by atoms with E-state index in [9.17, 15) is 4.79 Å². The van der Waals surface area contributed by atoms with Crippen LogP contribution in [0.2, 0.25) is 0 Å². The van der Waals surface area contributed by atoms with Gasteiger partial charge in [0.2, 0.25) is 0 Å². The molecule has 0 spiro atoms. The lowest BCUT2D eigenvalue weighted by molar-refractivity contribution is 0.0958. The van der Waals surface area contributed by atoms with Crippen molar-refractivity contribution in [3.63, 3.8) is 0 Å². The average Bonchev–Trinajstić information content (AvgIpc) is 2.87. The summed E-state index contributed by atoms with van der Waals surface area (Å²) in [5, 5.41) is 11.5. The minimum atomic E-state index is -0.164. The Morgan fingerprint density at radius 3 is 3.22 bits per heavy atom. The van der Waals surface area contributed by atoms with Gasteiger partial charge in [0.1, 0.15) is 5.69 Å². The number of nitrogens with zero attached hydrogens (tertiary/aromatic N) is 2. The third-order valence-electron chi connectivity index (χ3n) is 3.39. The lowest BCUT2D eigenvalue weighted by atomic mass is 10.1. The van der Waals surface area contributed by atoms with E-state index < -0.39 is 0 Å². The third kappa shape index (κ3) is 2.79. The van der Waals surface area contributed by atoms with Crippen molar-refractivity contribution in [3.8, 4) is 0 Å². The zero-order chi connectivity index (χ0) is 13.0. The number of carbonyl (C=O) groups is 1. The Balaban J connectivity index is 2.08. The Kier molecular flexibility index (Phi) is 4.15. The molecular formula is C13H19N3O2. The number of aromatic nitrogens is 1. The molecule has 0 aromatic carbocycles. The topological polar surface area (TPSA) is 65.5 Å². The van der Waals surface area contributed by atoms with Gasteiger partial charge in [-0.15, -0.1) is 0 Å². The van der Waals surface area contributed by atoms with E-state index in [4.69, 9.17) is 5.11 Å². The first-order valence-corrected chi connectivity index (χ1v) is 6.28. The first-order valence-electron chi connectivity index (χ1n) is 6.28. The minimum absolute atomic E-state index is 0.164. The molecule has 1 aromatic rings. The number of nitrogens with one attached hydrogen (secondary N) is 1. The van der Waals surface area contributed by atoms with Crippen molar-refractivity contribution in [3.05, 3.63) is 24.0 Å². The molecule has 1 aromatic heterocycles. The molecule has 0 aliphatic carbocycles. The predicted octanol–water partition coefficient (Wildman–Crippen LogP) is 0.650. The van der Waals surface area contributed by atoms with Gasteiger partial charge in [-0.05, 0) is 30.9 Å². The maximum Gasteiger partial charge on any atom is 0.269 e. The highest BCUT2D eigenvalue weighted by atomic mass is 16.3. The zero-order valence-corrected chi connectivity index (χ0v) is 10.6. The molecule has 1 saturated heterocycles. The normalized spacial score (nSPS) is 19.0. The van der Waals surface area contributed by atoms with Crippen molar-refractivity contribution >= 4 is 11.6 Å². The molecule has 0 saturated carbocycles. The molecule has 1 unspecified atom stereocenters. The zero-order valence-electron chi connectivity index (χ0n) is 10.6. The Morgan fingerprint density at radius 2 is 2.50 bits per heavy atom. The van der Waals surface area contributed by atoms with Gasteiger partial charge in [-0.2, -0.15) is 0 Å². The summed E-state index contributed by atoms with van der Waals surface area (Å²) in [6.07, 6.45) is 3.61. The summed E-state index contributed by atoms with van der Waals surface area (Å²) >= 11 is 0. The van der Waals surface area contributed by atoms with Crippen LogP contribution in [-0.2, 0) is 0 Å². The first-order chi connectivity index (χ1) is 8.74. The van der Waals surface area contributed by atoms with Crippen LogP contribution >= 0.6 is 0 Å². The SMILES string of the molecule is CNC(=O)c1cc(N2CCC(CCO)C2)ccn1. The molecule has 5 nitrogen and oxygen atoms in total. The largest absolute Gasteiger partial charge is 0.396 e. The molecule has 2 heterocycles. The monoisotopic (exact) mass is 249 g/mol. The third-order valence-corrected chi connectivity index (χ3v) is 3.39. The lowest BCUT2D eigenvalue weighted by Crippen LogP contribution is -2.22. The first kappa shape index (κ1) is 12.8. The average molecular weight is 249 g/mol. The number of pyridine rings is 1. The van der Waals surface area contributed by atoms with Crippen molar-refractivity contribution in [2.45, 2.75) is 12.8 Å². The summed E-state index contributed by atoms with van der Waals surface area (Å²) in [4.78, 5) is 17.8. The molecular weight excluding hydrogens is 230 g/mol. The van der Waals surface area contributed by atoms with Gasteiger partial charge >= 0.3 is 0 Å². The molecule has 2 rings (SSSR count). The van der Waals surface area contributed by atoms with Gasteiger partial charge in [0.05, 0.1) is 0 Å². The molecule has 1 amide bonds. The van der Waals surface area contributed by atoms with E-state index in [2.05, 4.69) is 15.2 Å². The van der Waals surface area contributed by atoms with E-state index in [1.807, 2.05) is 12.1 Å². The summed E-state index contributed by atoms with van der Waals surface area (Å²) < 4.78 is 0. The number of aliphatic hydroxyl groups excluding tert-OH is 1. The van der Waals surface area contributed by atoms with Crippen molar-refractivity contribution in [1.29, 1.82) is 0 Å². The number of hydrogen-bond donors (Lipinski definition) is 2. The van der Waals surface area contributed by atoms with Crippen LogP contribution in [-0.4, -0.2) is 42.7 Å². The second kappa shape index (κ2) is 5.82. The lowest BCUT2D eigenvalue weighted by Gasteiger charge is -2.18. The summed E-state index contributed by atoms with van der Waals surface area (Å²) in [6.45, 7) is 2.16. The molecule has 5 heteroatoms. The second-order valence-corrected chi connectivity index (χ2v) is 4.59. The molecule has 98 valence electrons. The molecule has 1 aliphatic heterocycles. The smallest absolute Gasteiger partial charge is 0.269 e. The molecule has 0 bridgehead atoms. The van der Waals surface area contributed by atoms with Gasteiger partial charge in [-0.3, -0.25) is 9.78 Å². The van der Waals surface area contributed by atoms with Crippen LogP contribution in [0.25, 0.3) is 0 Å². The summed E-state index contributed by atoms with van der Waals surface area (Å²) in [6, 6.07) is 3.74. The van der Waals surface area contributed by atoms with Crippen molar-refractivity contribution in [1.82, 2.24) is 10.3 Å². The van der Waals surface area contributed by atoms with E-state index >= 15 is 0 Å². The fourth-order valence-corrected chi connectivity index (χ4v) is 2.35. The van der Waals surface area contributed by atoms with Crippen LogP contribution in [0.15, 0.2) is 18.3 Å². The van der Waals surface area contributed by atoms with Crippen LogP contribution in [0.4, 0.5) is 5.69 Å². The van der Waals surface area contributed by atoms with Gasteiger partial charge in [0, 0.05) is 38.6 Å². The van der Waals surface area contributed by atoms with Gasteiger partial charge < -0.3 is 15.3 Å². The molecule has 0 radical (unpaired) electrons. The van der Waals surface area contributed by atoms with E-state index in [0.717, 1.165) is 31.6 Å². The van der Waals surface area contributed by atoms with Crippen LogP contribution in [0.1, 0.15) is 23.3 Å². The van der Waals surface area contributed by atoms with Crippen LogP contribution in [0.5, 0.6) is 0 Å². The number of anilines is 1. The Morgan fingerprint density at radius 1 is 1.67 bits per heavy atom.